The third kappa shape index (κ3) is 3.77. The van der Waals surface area contributed by atoms with Crippen LogP contribution in [0, 0.1) is 6.92 Å². The molecule has 4 heterocycles. The Labute approximate surface area is 192 Å². The zero-order chi connectivity index (χ0) is 22.3. The third-order valence-corrected chi connectivity index (χ3v) is 7.12. The molecule has 0 aliphatic carbocycles. The van der Waals surface area contributed by atoms with Gasteiger partial charge in [-0.3, -0.25) is 4.79 Å². The second-order valence-corrected chi connectivity index (χ2v) is 9.36. The van der Waals surface area contributed by atoms with E-state index in [1.165, 1.54) is 22.7 Å². The first kappa shape index (κ1) is 20.7. The average Bonchev–Trinajstić information content (AvgIpc) is 3.52. The lowest BCUT2D eigenvalue weighted by molar-refractivity contribution is -0.143. The van der Waals surface area contributed by atoms with Crippen LogP contribution in [-0.4, -0.2) is 49.4 Å². The van der Waals surface area contributed by atoms with Crippen LogP contribution in [0.5, 0.6) is 0 Å². The highest BCUT2D eigenvalue weighted by atomic mass is 32.1. The first-order valence-corrected chi connectivity index (χ1v) is 11.8. The van der Waals surface area contributed by atoms with Crippen molar-refractivity contribution in [3.8, 4) is 22.0 Å². The number of benzene rings is 1. The molecule has 1 aliphatic rings. The van der Waals surface area contributed by atoms with Gasteiger partial charge in [-0.15, -0.1) is 22.7 Å². The van der Waals surface area contributed by atoms with Crippen molar-refractivity contribution in [2.24, 2.45) is 0 Å². The van der Waals surface area contributed by atoms with Gasteiger partial charge in [0.2, 0.25) is 5.95 Å². The van der Waals surface area contributed by atoms with Gasteiger partial charge in [0, 0.05) is 42.5 Å². The van der Waals surface area contributed by atoms with Gasteiger partial charge in [-0.25, -0.2) is 19.9 Å². The minimum absolute atomic E-state index is 0.272. The predicted molar refractivity (Wildman–Crippen MR) is 125 cm³/mol. The molecule has 1 unspecified atom stereocenters. The normalized spacial score (nSPS) is 18.3. The zero-order valence-electron chi connectivity index (χ0n) is 17.4. The number of aryl methyl sites for hydroxylation is 1. The number of hydrogen-bond donors (Lipinski definition) is 2. The number of rotatable bonds is 5. The molecule has 2 N–H and O–H groups in total. The molecule has 1 amide bonds. The number of aromatic nitrogens is 4. The summed E-state index contributed by atoms with van der Waals surface area (Å²) in [4.78, 5) is 32.0. The maximum Gasteiger partial charge on any atom is 0.258 e. The van der Waals surface area contributed by atoms with Crippen LogP contribution in [0.15, 0.2) is 47.3 Å². The van der Waals surface area contributed by atoms with Crippen molar-refractivity contribution in [3.63, 3.8) is 0 Å². The molecule has 1 saturated heterocycles. The van der Waals surface area contributed by atoms with E-state index in [1.54, 1.807) is 24.2 Å². The van der Waals surface area contributed by atoms with E-state index in [-0.39, 0.29) is 5.91 Å². The van der Waals surface area contributed by atoms with Crippen LogP contribution in [0.25, 0.3) is 22.0 Å². The van der Waals surface area contributed by atoms with Crippen molar-refractivity contribution in [1.29, 1.82) is 0 Å². The summed E-state index contributed by atoms with van der Waals surface area (Å²) < 4.78 is 0. The Balaban J connectivity index is 1.41. The van der Waals surface area contributed by atoms with E-state index in [9.17, 15) is 9.90 Å². The molecule has 162 valence electrons. The van der Waals surface area contributed by atoms with E-state index in [0.717, 1.165) is 27.1 Å². The van der Waals surface area contributed by atoms with Crippen LogP contribution >= 0.6 is 22.7 Å². The van der Waals surface area contributed by atoms with Gasteiger partial charge in [0.05, 0.1) is 11.4 Å². The van der Waals surface area contributed by atoms with Crippen molar-refractivity contribution in [2.45, 2.75) is 18.9 Å². The summed E-state index contributed by atoms with van der Waals surface area (Å²) in [7, 11) is 1.71. The molecule has 0 saturated carbocycles. The first-order chi connectivity index (χ1) is 15.4. The molecule has 10 heteroatoms. The number of nitrogens with zero attached hydrogens (tertiary/aromatic N) is 5. The highest BCUT2D eigenvalue weighted by Crippen LogP contribution is 2.36. The quantitative estimate of drug-likeness (QED) is 0.463. The summed E-state index contributed by atoms with van der Waals surface area (Å²) in [5.74, 6) is 0.186. The summed E-state index contributed by atoms with van der Waals surface area (Å²) in [6, 6.07) is 9.22. The van der Waals surface area contributed by atoms with E-state index in [1.807, 2.05) is 41.9 Å². The molecule has 1 atom stereocenters. The van der Waals surface area contributed by atoms with Crippen LogP contribution in [0.4, 0.5) is 11.1 Å². The number of anilines is 2. The second kappa shape index (κ2) is 8.05. The molecule has 8 nitrogen and oxygen atoms in total. The fraction of sp³-hybridized carbons (Fsp3) is 0.227. The topological polar surface area (TPSA) is 104 Å². The van der Waals surface area contributed by atoms with Crippen molar-refractivity contribution in [1.82, 2.24) is 24.8 Å². The molecule has 1 aliphatic heterocycles. The van der Waals surface area contributed by atoms with Gasteiger partial charge >= 0.3 is 0 Å². The van der Waals surface area contributed by atoms with Gasteiger partial charge in [0.1, 0.15) is 10.7 Å². The minimum Gasteiger partial charge on any atom is -0.375 e. The second-order valence-electron chi connectivity index (χ2n) is 7.64. The molecular formula is C22H20N6O2S2. The Kier molecular flexibility index (Phi) is 5.20. The number of carbonyl (C=O) groups excluding carboxylic acids is 1. The first-order valence-electron chi connectivity index (χ1n) is 9.99. The molecule has 0 spiro atoms. The Morgan fingerprint density at radius 1 is 1.12 bits per heavy atom. The predicted octanol–water partition coefficient (Wildman–Crippen LogP) is 3.83. The van der Waals surface area contributed by atoms with Crippen molar-refractivity contribution in [3.05, 3.63) is 58.5 Å². The summed E-state index contributed by atoms with van der Waals surface area (Å²) in [5.41, 5.74) is 2.32. The number of carbonyl (C=O) groups is 1. The Hall–Kier alpha value is -3.21. The van der Waals surface area contributed by atoms with Gasteiger partial charge in [0.25, 0.3) is 5.91 Å². The molecule has 32 heavy (non-hydrogen) atoms. The molecule has 3 aromatic heterocycles. The van der Waals surface area contributed by atoms with Crippen LogP contribution < -0.4 is 5.32 Å². The van der Waals surface area contributed by atoms with Gasteiger partial charge < -0.3 is 15.3 Å². The largest absolute Gasteiger partial charge is 0.375 e. The molecular weight excluding hydrogens is 444 g/mol. The highest BCUT2D eigenvalue weighted by molar-refractivity contribution is 7.14. The van der Waals surface area contributed by atoms with Crippen LogP contribution in [0.1, 0.15) is 17.7 Å². The number of likely N-dealkylation sites (N-methyl/N-ethyl adjacent to an activating group) is 1. The van der Waals surface area contributed by atoms with Crippen LogP contribution in [-0.2, 0) is 10.4 Å². The number of nitrogens with one attached hydrogen (secondary N) is 1. The number of aliphatic hydroxyl groups is 1. The summed E-state index contributed by atoms with van der Waals surface area (Å²) in [5, 5.41) is 19.5. The Morgan fingerprint density at radius 3 is 2.75 bits per heavy atom. The number of hydrogen-bond acceptors (Lipinski definition) is 9. The van der Waals surface area contributed by atoms with E-state index in [2.05, 4.69) is 20.3 Å². The molecule has 5 rings (SSSR count). The molecule has 1 aromatic carbocycles. The highest BCUT2D eigenvalue weighted by Gasteiger charge is 2.45. The van der Waals surface area contributed by atoms with Crippen LogP contribution in [0.2, 0.25) is 0 Å². The van der Waals surface area contributed by atoms with Crippen molar-refractivity contribution < 1.29 is 9.90 Å². The van der Waals surface area contributed by atoms with Gasteiger partial charge in [-0.2, -0.15) is 0 Å². The molecule has 4 aromatic rings. The fourth-order valence-electron chi connectivity index (χ4n) is 3.62. The van der Waals surface area contributed by atoms with E-state index >= 15 is 0 Å². The third-order valence-electron chi connectivity index (χ3n) is 5.36. The maximum absolute atomic E-state index is 12.5. The molecule has 0 bridgehead atoms. The van der Waals surface area contributed by atoms with Crippen molar-refractivity contribution >= 4 is 39.7 Å². The lowest BCUT2D eigenvalue weighted by atomic mass is 9.91. The van der Waals surface area contributed by atoms with Gasteiger partial charge in [0.15, 0.2) is 10.7 Å². The van der Waals surface area contributed by atoms with E-state index in [0.29, 0.717) is 30.2 Å². The smallest absolute Gasteiger partial charge is 0.258 e. The number of thiazole rings is 2. The molecule has 0 radical (unpaired) electrons. The lowest BCUT2D eigenvalue weighted by Gasteiger charge is -2.21. The van der Waals surface area contributed by atoms with Gasteiger partial charge in [-0.1, -0.05) is 18.2 Å². The molecule has 1 fully saturated rings. The standard InChI is InChI=1S/C22H20N6O2S2/c1-13-11-32-21(24-13)27-20-23-8-6-16(26-20)17-12-31-18(25-17)14-4-3-5-15(10-14)22(30)7-9-28(2)19(22)29/h3-6,8,10-12,30H,7,9H2,1-2H3,(H,23,24,26,27). The minimum atomic E-state index is -1.48. The summed E-state index contributed by atoms with van der Waals surface area (Å²) in [6.45, 7) is 2.47. The Bertz CT molecular complexity index is 1300. The SMILES string of the molecule is Cc1csc(Nc2nccc(-c3csc(-c4cccc(C5(O)CCN(C)C5=O)c4)n3)n2)n1. The number of likely N-dealkylation sites (tertiary alicyclic amines) is 1. The summed E-state index contributed by atoms with van der Waals surface area (Å²) in [6.07, 6.45) is 2.06. The Morgan fingerprint density at radius 2 is 2.00 bits per heavy atom. The zero-order valence-corrected chi connectivity index (χ0v) is 19.1. The van der Waals surface area contributed by atoms with Gasteiger partial charge in [-0.05, 0) is 24.6 Å². The van der Waals surface area contributed by atoms with Crippen LogP contribution in [0.3, 0.4) is 0 Å². The lowest BCUT2D eigenvalue weighted by Crippen LogP contribution is -2.36. The fourth-order valence-corrected chi connectivity index (χ4v) is 5.12. The van der Waals surface area contributed by atoms with E-state index < -0.39 is 5.60 Å². The van der Waals surface area contributed by atoms with E-state index in [4.69, 9.17) is 4.98 Å². The maximum atomic E-state index is 12.5. The monoisotopic (exact) mass is 464 g/mol. The summed E-state index contributed by atoms with van der Waals surface area (Å²) >= 11 is 2.98. The van der Waals surface area contributed by atoms with Crippen molar-refractivity contribution in [2.75, 3.05) is 18.9 Å². The number of amides is 1. The average molecular weight is 465 g/mol.